The summed E-state index contributed by atoms with van der Waals surface area (Å²) in [6.07, 6.45) is -6.48. The zero-order chi connectivity index (χ0) is 13.0. The Bertz CT molecular complexity index is 299. The van der Waals surface area contributed by atoms with E-state index in [1.54, 1.807) is 0 Å². The van der Waals surface area contributed by atoms with E-state index in [9.17, 15) is 34.8 Å². The van der Waals surface area contributed by atoms with Crippen LogP contribution in [-0.4, -0.2) is 39.9 Å². The topological polar surface area (TPSA) is 52.6 Å². The number of hydrogen-bond donors (Lipinski definition) is 0. The standard InChI is InChI=1S/C5H6F6O4S/c6-3(7)4(8)14-1-2-15-16(12,13)5(9,10)11/h3-4H,1-2H2. The highest BCUT2D eigenvalue weighted by Gasteiger charge is 2.47. The molecule has 0 aromatic rings. The Balaban J connectivity index is 3.93. The number of halogens is 6. The molecule has 0 N–H and O–H groups in total. The first-order chi connectivity index (χ1) is 7.08. The predicted molar refractivity (Wildman–Crippen MR) is 37.8 cm³/mol. The van der Waals surface area contributed by atoms with Gasteiger partial charge in [0.05, 0.1) is 13.2 Å². The second-order valence-electron chi connectivity index (χ2n) is 2.28. The Morgan fingerprint density at radius 2 is 1.56 bits per heavy atom. The van der Waals surface area contributed by atoms with Gasteiger partial charge in [-0.1, -0.05) is 0 Å². The molecular formula is C5H6F6O4S. The summed E-state index contributed by atoms with van der Waals surface area (Å²) in [6, 6.07) is 0. The van der Waals surface area contributed by atoms with Gasteiger partial charge in [-0.25, -0.2) is 13.2 Å². The van der Waals surface area contributed by atoms with Crippen molar-refractivity contribution in [3.05, 3.63) is 0 Å². The summed E-state index contributed by atoms with van der Waals surface area (Å²) in [7, 11) is -5.81. The maximum atomic E-state index is 12.0. The van der Waals surface area contributed by atoms with Crippen molar-refractivity contribution in [3.63, 3.8) is 0 Å². The molecule has 1 atom stereocenters. The van der Waals surface area contributed by atoms with Crippen LogP contribution in [0.2, 0.25) is 0 Å². The van der Waals surface area contributed by atoms with Crippen LogP contribution in [0.5, 0.6) is 0 Å². The fourth-order valence-corrected chi connectivity index (χ4v) is 0.865. The van der Waals surface area contributed by atoms with Gasteiger partial charge in [0.15, 0.2) is 0 Å². The monoisotopic (exact) mass is 276 g/mol. The lowest BCUT2D eigenvalue weighted by molar-refractivity contribution is -0.133. The van der Waals surface area contributed by atoms with Crippen molar-refractivity contribution in [2.45, 2.75) is 18.3 Å². The Morgan fingerprint density at radius 3 is 1.94 bits per heavy atom. The fourth-order valence-electron chi connectivity index (χ4n) is 0.444. The summed E-state index contributed by atoms with van der Waals surface area (Å²) in [5.74, 6) is 0. The first kappa shape index (κ1) is 15.4. The van der Waals surface area contributed by atoms with Crippen LogP contribution in [-0.2, 0) is 19.0 Å². The minimum Gasteiger partial charge on any atom is -0.341 e. The molecule has 0 fully saturated rings. The summed E-state index contributed by atoms with van der Waals surface area (Å²) < 4.78 is 97.0. The number of rotatable bonds is 6. The van der Waals surface area contributed by atoms with Crippen molar-refractivity contribution >= 4 is 10.1 Å². The van der Waals surface area contributed by atoms with Crippen molar-refractivity contribution in [3.8, 4) is 0 Å². The van der Waals surface area contributed by atoms with E-state index < -0.39 is 41.6 Å². The van der Waals surface area contributed by atoms with Gasteiger partial charge in [-0.05, 0) is 0 Å². The van der Waals surface area contributed by atoms with E-state index in [4.69, 9.17) is 0 Å². The van der Waals surface area contributed by atoms with E-state index in [0.717, 1.165) is 0 Å². The van der Waals surface area contributed by atoms with Crippen LogP contribution >= 0.6 is 0 Å². The van der Waals surface area contributed by atoms with Gasteiger partial charge in [0.1, 0.15) is 0 Å². The molecule has 0 saturated heterocycles. The van der Waals surface area contributed by atoms with Gasteiger partial charge in [0.25, 0.3) is 12.8 Å². The first-order valence-electron chi connectivity index (χ1n) is 3.57. The van der Waals surface area contributed by atoms with Crippen molar-refractivity contribution < 1.29 is 43.7 Å². The van der Waals surface area contributed by atoms with Gasteiger partial charge in [0.2, 0.25) is 0 Å². The van der Waals surface area contributed by atoms with Crippen LogP contribution < -0.4 is 0 Å². The molecule has 0 aliphatic carbocycles. The first-order valence-corrected chi connectivity index (χ1v) is 4.98. The summed E-state index contributed by atoms with van der Waals surface area (Å²) in [5, 5.41) is 0. The third kappa shape index (κ3) is 4.99. The van der Waals surface area contributed by atoms with Gasteiger partial charge < -0.3 is 4.74 Å². The zero-order valence-corrected chi connectivity index (χ0v) is 8.19. The molecule has 0 heterocycles. The number of alkyl halides is 6. The van der Waals surface area contributed by atoms with E-state index in [1.165, 1.54) is 0 Å². The Hall–Kier alpha value is -0.550. The predicted octanol–water partition coefficient (Wildman–Crippen LogP) is 1.43. The van der Waals surface area contributed by atoms with E-state index in [0.29, 0.717) is 0 Å². The largest absolute Gasteiger partial charge is 0.523 e. The molecule has 0 aromatic heterocycles. The number of hydrogen-bond acceptors (Lipinski definition) is 4. The molecule has 4 nitrogen and oxygen atoms in total. The second kappa shape index (κ2) is 5.68. The van der Waals surface area contributed by atoms with Crippen LogP contribution in [0.1, 0.15) is 0 Å². The molecule has 11 heteroatoms. The van der Waals surface area contributed by atoms with Gasteiger partial charge in [-0.3, -0.25) is 4.18 Å². The molecule has 0 saturated carbocycles. The van der Waals surface area contributed by atoms with Crippen molar-refractivity contribution in [1.29, 1.82) is 0 Å². The molecule has 0 amide bonds. The summed E-state index contributed by atoms with van der Waals surface area (Å²) >= 11 is 0. The normalized spacial score (nSPS) is 15.4. The molecule has 0 aromatic carbocycles. The van der Waals surface area contributed by atoms with Crippen LogP contribution in [0.15, 0.2) is 0 Å². The van der Waals surface area contributed by atoms with Gasteiger partial charge >= 0.3 is 15.6 Å². The highest BCUT2D eigenvalue weighted by molar-refractivity contribution is 7.87. The minimum atomic E-state index is -5.81. The van der Waals surface area contributed by atoms with Crippen LogP contribution in [0, 0.1) is 0 Å². The molecule has 0 aliphatic rings. The number of ether oxygens (including phenoxy) is 1. The highest BCUT2D eigenvalue weighted by Crippen LogP contribution is 2.24. The van der Waals surface area contributed by atoms with Gasteiger partial charge in [-0.15, -0.1) is 0 Å². The van der Waals surface area contributed by atoms with Crippen LogP contribution in [0.3, 0.4) is 0 Å². The van der Waals surface area contributed by atoms with Crippen LogP contribution in [0.25, 0.3) is 0 Å². The average Bonchev–Trinajstić information content (AvgIpc) is 2.09. The van der Waals surface area contributed by atoms with Crippen molar-refractivity contribution in [2.24, 2.45) is 0 Å². The summed E-state index contributed by atoms with van der Waals surface area (Å²) in [4.78, 5) is 0. The van der Waals surface area contributed by atoms with Gasteiger partial charge in [0, 0.05) is 0 Å². The van der Waals surface area contributed by atoms with E-state index in [1.807, 2.05) is 0 Å². The SMILES string of the molecule is O=S(=O)(OCCOC(F)C(F)F)C(F)(F)F. The van der Waals surface area contributed by atoms with Gasteiger partial charge in [-0.2, -0.15) is 21.6 Å². The quantitative estimate of drug-likeness (QED) is 0.319. The summed E-state index contributed by atoms with van der Waals surface area (Å²) in [5.41, 5.74) is -5.62. The van der Waals surface area contributed by atoms with E-state index >= 15 is 0 Å². The zero-order valence-electron chi connectivity index (χ0n) is 7.38. The molecule has 16 heavy (non-hydrogen) atoms. The second-order valence-corrected chi connectivity index (χ2v) is 3.89. The molecule has 0 radical (unpaired) electrons. The summed E-state index contributed by atoms with van der Waals surface area (Å²) in [6.45, 7) is -2.27. The van der Waals surface area contributed by atoms with Crippen LogP contribution in [0.4, 0.5) is 26.3 Å². The minimum absolute atomic E-state index is 1.05. The van der Waals surface area contributed by atoms with E-state index in [-0.39, 0.29) is 0 Å². The lowest BCUT2D eigenvalue weighted by Gasteiger charge is -2.10. The smallest absolute Gasteiger partial charge is 0.341 e. The molecular weight excluding hydrogens is 270 g/mol. The van der Waals surface area contributed by atoms with Crippen molar-refractivity contribution in [2.75, 3.05) is 13.2 Å². The molecule has 1 unspecified atom stereocenters. The van der Waals surface area contributed by atoms with E-state index in [2.05, 4.69) is 8.92 Å². The molecule has 0 rings (SSSR count). The molecule has 0 spiro atoms. The molecule has 0 aliphatic heterocycles. The maximum Gasteiger partial charge on any atom is 0.523 e. The highest BCUT2D eigenvalue weighted by atomic mass is 32.2. The Morgan fingerprint density at radius 1 is 1.06 bits per heavy atom. The Labute approximate surface area is 86.3 Å². The molecule has 0 bridgehead atoms. The lowest BCUT2D eigenvalue weighted by Crippen LogP contribution is -2.27. The van der Waals surface area contributed by atoms with Crippen molar-refractivity contribution in [1.82, 2.24) is 0 Å². The maximum absolute atomic E-state index is 12.0. The fraction of sp³-hybridized carbons (Fsp3) is 1.00. The third-order valence-corrected chi connectivity index (χ3v) is 2.12. The lowest BCUT2D eigenvalue weighted by atomic mass is 10.7. The Kier molecular flexibility index (Phi) is 5.49. The molecule has 98 valence electrons. The third-order valence-electron chi connectivity index (χ3n) is 1.08. The average molecular weight is 276 g/mol.